The van der Waals surface area contributed by atoms with Gasteiger partial charge in [-0.05, 0) is 6.92 Å². The van der Waals surface area contributed by atoms with Crippen LogP contribution in [0.5, 0.6) is 0 Å². The number of esters is 1. The molecule has 1 N–H and O–H groups in total. The Morgan fingerprint density at radius 1 is 1.45 bits per heavy atom. The standard InChI is InChI=1S/C10H11N3O4S3/c1-6-4-18-7(13-6)3-12-20(15,16)10-8(9(14)17-2)11-5-19-10/h4-5,12H,3H2,1-2H3. The summed E-state index contributed by atoms with van der Waals surface area (Å²) in [6.07, 6.45) is 0. The molecular weight excluding hydrogens is 322 g/mol. The Hall–Kier alpha value is -1.36. The largest absolute Gasteiger partial charge is 0.464 e. The van der Waals surface area contributed by atoms with Gasteiger partial charge >= 0.3 is 5.97 Å². The predicted molar refractivity (Wildman–Crippen MR) is 74.3 cm³/mol. The molecule has 10 heteroatoms. The molecule has 0 aliphatic carbocycles. The van der Waals surface area contributed by atoms with Crippen molar-refractivity contribution in [2.24, 2.45) is 0 Å². The number of sulfonamides is 1. The molecule has 2 aromatic rings. The van der Waals surface area contributed by atoms with Crippen LogP contribution in [-0.2, 0) is 21.3 Å². The van der Waals surface area contributed by atoms with Crippen molar-refractivity contribution in [3.63, 3.8) is 0 Å². The first kappa shape index (κ1) is 15.0. The second-order valence-electron chi connectivity index (χ2n) is 3.69. The fourth-order valence-corrected chi connectivity index (χ4v) is 4.33. The zero-order valence-electron chi connectivity index (χ0n) is 10.6. The first-order valence-corrected chi connectivity index (χ1v) is 8.61. The van der Waals surface area contributed by atoms with Gasteiger partial charge in [0.2, 0.25) is 0 Å². The van der Waals surface area contributed by atoms with Crippen molar-refractivity contribution in [2.45, 2.75) is 17.7 Å². The first-order chi connectivity index (χ1) is 9.44. The van der Waals surface area contributed by atoms with E-state index in [1.807, 2.05) is 12.3 Å². The monoisotopic (exact) mass is 333 g/mol. The van der Waals surface area contributed by atoms with E-state index >= 15 is 0 Å². The minimum atomic E-state index is -3.82. The Kier molecular flexibility index (Phi) is 4.48. The number of carbonyl (C=O) groups is 1. The van der Waals surface area contributed by atoms with Gasteiger partial charge in [0, 0.05) is 11.1 Å². The highest BCUT2D eigenvalue weighted by atomic mass is 32.2. The number of aromatic nitrogens is 2. The third kappa shape index (κ3) is 3.20. The van der Waals surface area contributed by atoms with Crippen molar-refractivity contribution in [1.29, 1.82) is 0 Å². The maximum atomic E-state index is 12.1. The van der Waals surface area contributed by atoms with Crippen LogP contribution in [0, 0.1) is 6.92 Å². The number of aryl methyl sites for hydroxylation is 1. The summed E-state index contributed by atoms with van der Waals surface area (Å²) >= 11 is 2.22. The van der Waals surface area contributed by atoms with Gasteiger partial charge in [0.25, 0.3) is 10.0 Å². The summed E-state index contributed by atoms with van der Waals surface area (Å²) in [6, 6.07) is 0. The molecule has 7 nitrogen and oxygen atoms in total. The number of thiazole rings is 2. The molecule has 0 aromatic carbocycles. The van der Waals surface area contributed by atoms with Gasteiger partial charge < -0.3 is 4.74 Å². The van der Waals surface area contributed by atoms with Crippen LogP contribution >= 0.6 is 22.7 Å². The number of hydrogen-bond donors (Lipinski definition) is 1. The average molecular weight is 333 g/mol. The lowest BCUT2D eigenvalue weighted by molar-refractivity contribution is 0.0590. The number of methoxy groups -OCH3 is 1. The van der Waals surface area contributed by atoms with Gasteiger partial charge in [0.15, 0.2) is 9.90 Å². The maximum Gasteiger partial charge on any atom is 0.358 e. The molecule has 0 radical (unpaired) electrons. The van der Waals surface area contributed by atoms with Crippen LogP contribution in [0.25, 0.3) is 0 Å². The average Bonchev–Trinajstić information content (AvgIpc) is 3.04. The molecule has 0 amide bonds. The van der Waals surface area contributed by atoms with E-state index in [9.17, 15) is 13.2 Å². The molecule has 0 aliphatic rings. The van der Waals surface area contributed by atoms with E-state index in [1.54, 1.807) is 0 Å². The van der Waals surface area contributed by atoms with Gasteiger partial charge in [-0.15, -0.1) is 22.7 Å². The molecule has 2 rings (SSSR count). The smallest absolute Gasteiger partial charge is 0.358 e. The third-order valence-electron chi connectivity index (χ3n) is 2.24. The molecule has 0 saturated heterocycles. The van der Waals surface area contributed by atoms with Gasteiger partial charge in [-0.25, -0.2) is 27.9 Å². The molecule has 0 unspecified atom stereocenters. The number of rotatable bonds is 5. The highest BCUT2D eigenvalue weighted by molar-refractivity contribution is 7.91. The fraction of sp³-hybridized carbons (Fsp3) is 0.300. The Morgan fingerprint density at radius 2 is 2.20 bits per heavy atom. The lowest BCUT2D eigenvalue weighted by Gasteiger charge is -2.04. The van der Waals surface area contributed by atoms with E-state index in [4.69, 9.17) is 0 Å². The highest BCUT2D eigenvalue weighted by Gasteiger charge is 2.26. The maximum absolute atomic E-state index is 12.1. The van der Waals surface area contributed by atoms with Crippen LogP contribution in [0.1, 0.15) is 21.2 Å². The second kappa shape index (κ2) is 5.95. The number of ether oxygens (including phenoxy) is 1. The Morgan fingerprint density at radius 3 is 2.80 bits per heavy atom. The number of carbonyl (C=O) groups excluding carboxylic acids is 1. The third-order valence-corrected chi connectivity index (χ3v) is 5.98. The number of nitrogens with zero attached hydrogens (tertiary/aromatic N) is 2. The van der Waals surface area contributed by atoms with Gasteiger partial charge in [0.05, 0.1) is 19.2 Å². The fourth-order valence-electron chi connectivity index (χ4n) is 1.36. The Balaban J connectivity index is 2.18. The quantitative estimate of drug-likeness (QED) is 0.825. The van der Waals surface area contributed by atoms with Gasteiger partial charge in [-0.2, -0.15) is 0 Å². The SMILES string of the molecule is COC(=O)c1ncsc1S(=O)(=O)NCc1nc(C)cs1. The highest BCUT2D eigenvalue weighted by Crippen LogP contribution is 2.21. The van der Waals surface area contributed by atoms with E-state index in [-0.39, 0.29) is 16.4 Å². The summed E-state index contributed by atoms with van der Waals surface area (Å²) in [6.45, 7) is 1.90. The van der Waals surface area contributed by atoms with Crippen LogP contribution in [0.15, 0.2) is 15.1 Å². The van der Waals surface area contributed by atoms with Crippen molar-refractivity contribution in [3.05, 3.63) is 27.3 Å². The second-order valence-corrected chi connectivity index (χ2v) is 7.45. The molecule has 2 heterocycles. The van der Waals surface area contributed by atoms with Gasteiger partial charge in [-0.1, -0.05) is 0 Å². The number of nitrogens with one attached hydrogen (secondary N) is 1. The lowest BCUT2D eigenvalue weighted by Crippen LogP contribution is -2.24. The van der Waals surface area contributed by atoms with E-state index in [1.165, 1.54) is 24.0 Å². The molecule has 0 bridgehead atoms. The molecule has 2 aromatic heterocycles. The van der Waals surface area contributed by atoms with Crippen molar-refractivity contribution >= 4 is 38.7 Å². The van der Waals surface area contributed by atoms with Gasteiger partial charge in [-0.3, -0.25) is 0 Å². The van der Waals surface area contributed by atoms with Crippen LogP contribution in [0.4, 0.5) is 0 Å². The normalized spacial score (nSPS) is 11.5. The minimum absolute atomic E-state index is 0.0688. The topological polar surface area (TPSA) is 98.2 Å². The van der Waals surface area contributed by atoms with E-state index in [2.05, 4.69) is 19.4 Å². The minimum Gasteiger partial charge on any atom is -0.464 e. The van der Waals surface area contributed by atoms with Crippen LogP contribution < -0.4 is 4.72 Å². The summed E-state index contributed by atoms with van der Waals surface area (Å²) in [4.78, 5) is 19.3. The zero-order valence-corrected chi connectivity index (χ0v) is 13.1. The first-order valence-electron chi connectivity index (χ1n) is 5.36. The van der Waals surface area contributed by atoms with Gasteiger partial charge in [0.1, 0.15) is 5.01 Å². The molecule has 0 fully saturated rings. The molecule has 0 aliphatic heterocycles. The molecular formula is C10H11N3O4S3. The summed E-state index contributed by atoms with van der Waals surface area (Å²) in [5, 5.41) is 2.48. The van der Waals surface area contributed by atoms with E-state index in [0.717, 1.165) is 17.0 Å². The molecule has 20 heavy (non-hydrogen) atoms. The molecule has 0 saturated carbocycles. The summed E-state index contributed by atoms with van der Waals surface area (Å²) in [5.41, 5.74) is 1.91. The van der Waals surface area contributed by atoms with E-state index < -0.39 is 16.0 Å². The van der Waals surface area contributed by atoms with Crippen LogP contribution in [-0.4, -0.2) is 31.5 Å². The van der Waals surface area contributed by atoms with E-state index in [0.29, 0.717) is 5.01 Å². The van der Waals surface area contributed by atoms with Crippen LogP contribution in [0.2, 0.25) is 0 Å². The van der Waals surface area contributed by atoms with Crippen molar-refractivity contribution in [2.75, 3.05) is 7.11 Å². The molecule has 108 valence electrons. The van der Waals surface area contributed by atoms with Crippen molar-refractivity contribution in [1.82, 2.24) is 14.7 Å². The molecule has 0 atom stereocenters. The van der Waals surface area contributed by atoms with Crippen molar-refractivity contribution < 1.29 is 17.9 Å². The summed E-state index contributed by atoms with van der Waals surface area (Å²) in [5.74, 6) is -0.781. The zero-order chi connectivity index (χ0) is 14.8. The Bertz CT molecular complexity index is 720. The lowest BCUT2D eigenvalue weighted by atomic mass is 10.5. The van der Waals surface area contributed by atoms with Crippen molar-refractivity contribution in [3.8, 4) is 0 Å². The summed E-state index contributed by atoms with van der Waals surface area (Å²) in [7, 11) is -2.65. The predicted octanol–water partition coefficient (Wildman–Crippen LogP) is 1.17. The molecule has 0 spiro atoms. The van der Waals surface area contributed by atoms with Crippen LogP contribution in [0.3, 0.4) is 0 Å². The number of hydrogen-bond acceptors (Lipinski definition) is 8. The Labute approximate surface area is 123 Å². The summed E-state index contributed by atoms with van der Waals surface area (Å²) < 4.78 is 31.0.